The van der Waals surface area contributed by atoms with E-state index >= 15 is 0 Å². The number of halogens is 3. The lowest BCUT2D eigenvalue weighted by molar-refractivity contribution is -0.147. The molecule has 0 aliphatic heterocycles. The number of aliphatic hydroxyl groups excluding tert-OH is 1. The second kappa shape index (κ2) is 7.48. The van der Waals surface area contributed by atoms with Gasteiger partial charge in [-0.05, 0) is 49.6 Å². The normalized spacial score (nSPS) is 15.5. The molecule has 1 atom stereocenters. The van der Waals surface area contributed by atoms with E-state index in [9.17, 15) is 23.1 Å². The largest absolute Gasteiger partial charge is 0.449 e. The molecule has 1 aliphatic rings. The van der Waals surface area contributed by atoms with E-state index in [1.165, 1.54) is 6.07 Å². The maximum Gasteiger partial charge on any atom is 0.449 e. The number of carbonyl (C=O) groups excluding carboxylic acids is 1. The lowest BCUT2D eigenvalue weighted by Crippen LogP contribution is -2.27. The number of aromatic nitrogens is 3. The fourth-order valence-electron chi connectivity index (χ4n) is 4.80. The standard InChI is InChI=1S/C24H22F3N3O2/c1-14-9-10-19-17(11-14)16-5-4-8-21(32)22(16)29(19)12-15(31)13-30-20-7-3-2-6-18(20)28-23(30)24(25,26)27/h2-3,6-7,9-11,15,31H,4-5,8,12-13H2,1H3/t15-/m0/s1. The quantitative estimate of drug-likeness (QED) is 0.490. The second-order valence-corrected chi connectivity index (χ2v) is 8.42. The van der Waals surface area contributed by atoms with E-state index < -0.39 is 18.1 Å². The van der Waals surface area contributed by atoms with Crippen molar-refractivity contribution in [2.75, 3.05) is 0 Å². The van der Waals surface area contributed by atoms with Crippen LogP contribution in [0.5, 0.6) is 0 Å². The fourth-order valence-corrected chi connectivity index (χ4v) is 4.80. The van der Waals surface area contributed by atoms with E-state index in [0.717, 1.165) is 39.4 Å². The molecule has 166 valence electrons. The number of aryl methyl sites for hydroxylation is 2. The third kappa shape index (κ3) is 3.39. The Balaban J connectivity index is 1.56. The van der Waals surface area contributed by atoms with Gasteiger partial charge >= 0.3 is 6.18 Å². The van der Waals surface area contributed by atoms with Gasteiger partial charge in [0, 0.05) is 17.3 Å². The molecular formula is C24H22F3N3O2. The number of nitrogens with zero attached hydrogens (tertiary/aromatic N) is 3. The minimum Gasteiger partial charge on any atom is -0.389 e. The van der Waals surface area contributed by atoms with Crippen molar-refractivity contribution in [1.29, 1.82) is 0 Å². The molecule has 2 aromatic heterocycles. The summed E-state index contributed by atoms with van der Waals surface area (Å²) in [5.41, 5.74) is 3.96. The van der Waals surface area contributed by atoms with Gasteiger partial charge in [0.25, 0.3) is 0 Å². The first-order valence-electron chi connectivity index (χ1n) is 10.6. The Morgan fingerprint density at radius 3 is 2.59 bits per heavy atom. The smallest absolute Gasteiger partial charge is 0.389 e. The number of benzene rings is 2. The van der Waals surface area contributed by atoms with Crippen LogP contribution >= 0.6 is 0 Å². The number of imidazole rings is 1. The molecule has 1 aliphatic carbocycles. The van der Waals surface area contributed by atoms with Crippen molar-refractivity contribution in [2.45, 2.75) is 51.6 Å². The SMILES string of the molecule is Cc1ccc2c(c1)c1c(n2C[C@H](O)Cn2c(C(F)(F)F)nc3ccccc32)C(=O)CCC1. The van der Waals surface area contributed by atoms with Gasteiger partial charge in [0.2, 0.25) is 5.82 Å². The first-order chi connectivity index (χ1) is 15.2. The monoisotopic (exact) mass is 441 g/mol. The lowest BCUT2D eigenvalue weighted by atomic mass is 9.94. The molecule has 5 nitrogen and oxygen atoms in total. The number of hydrogen-bond acceptors (Lipinski definition) is 3. The molecule has 0 spiro atoms. The number of fused-ring (bicyclic) bond motifs is 4. The number of hydrogen-bond donors (Lipinski definition) is 1. The molecule has 4 aromatic rings. The molecule has 0 saturated heterocycles. The van der Waals surface area contributed by atoms with Gasteiger partial charge < -0.3 is 14.2 Å². The summed E-state index contributed by atoms with van der Waals surface area (Å²) in [6.45, 7) is 1.71. The first-order valence-corrected chi connectivity index (χ1v) is 10.6. The van der Waals surface area contributed by atoms with Crippen molar-refractivity contribution >= 4 is 27.7 Å². The minimum absolute atomic E-state index is 0.0105. The highest BCUT2D eigenvalue weighted by atomic mass is 19.4. The molecule has 0 fully saturated rings. The number of alkyl halides is 3. The number of aliphatic hydroxyl groups is 1. The molecule has 0 amide bonds. The summed E-state index contributed by atoms with van der Waals surface area (Å²) in [6, 6.07) is 12.2. The molecule has 0 bridgehead atoms. The minimum atomic E-state index is -4.65. The van der Waals surface area contributed by atoms with Crippen LogP contribution in [0.4, 0.5) is 13.2 Å². The molecule has 1 N–H and O–H groups in total. The van der Waals surface area contributed by atoms with Crippen molar-refractivity contribution < 1.29 is 23.1 Å². The number of carbonyl (C=O) groups is 1. The van der Waals surface area contributed by atoms with Crippen LogP contribution in [0.2, 0.25) is 0 Å². The maximum absolute atomic E-state index is 13.6. The van der Waals surface area contributed by atoms with Crippen molar-refractivity contribution in [3.05, 3.63) is 65.1 Å². The third-order valence-corrected chi connectivity index (χ3v) is 6.11. The average Bonchev–Trinajstić information content (AvgIpc) is 3.25. The predicted octanol–water partition coefficient (Wildman–Crippen LogP) is 4.90. The number of Topliss-reactive ketones (excluding diaryl/α,β-unsaturated/α-hetero) is 1. The Morgan fingerprint density at radius 1 is 1.06 bits per heavy atom. The average molecular weight is 441 g/mol. The van der Waals surface area contributed by atoms with Crippen LogP contribution in [-0.4, -0.2) is 31.1 Å². The van der Waals surface area contributed by atoms with E-state index in [-0.39, 0.29) is 24.4 Å². The Bertz CT molecular complexity index is 1350. The molecule has 2 aromatic carbocycles. The highest BCUT2D eigenvalue weighted by molar-refractivity contribution is 6.04. The highest BCUT2D eigenvalue weighted by Crippen LogP contribution is 2.34. The third-order valence-electron chi connectivity index (χ3n) is 6.11. The summed E-state index contributed by atoms with van der Waals surface area (Å²) in [7, 11) is 0. The molecule has 32 heavy (non-hydrogen) atoms. The van der Waals surface area contributed by atoms with Gasteiger partial charge in [-0.3, -0.25) is 4.79 Å². The molecule has 5 rings (SSSR count). The van der Waals surface area contributed by atoms with Gasteiger partial charge in [0.15, 0.2) is 5.78 Å². The van der Waals surface area contributed by atoms with E-state index in [4.69, 9.17) is 0 Å². The number of ketones is 1. The van der Waals surface area contributed by atoms with Gasteiger partial charge in [0.1, 0.15) is 0 Å². The summed E-state index contributed by atoms with van der Waals surface area (Å²) in [6.07, 6.45) is -3.82. The van der Waals surface area contributed by atoms with Gasteiger partial charge in [-0.1, -0.05) is 23.8 Å². The highest BCUT2D eigenvalue weighted by Gasteiger charge is 2.38. The molecule has 0 radical (unpaired) electrons. The Morgan fingerprint density at radius 2 is 1.81 bits per heavy atom. The molecule has 0 unspecified atom stereocenters. The molecular weight excluding hydrogens is 419 g/mol. The summed E-state index contributed by atoms with van der Waals surface area (Å²) in [5, 5.41) is 11.9. The van der Waals surface area contributed by atoms with Crippen LogP contribution in [-0.2, 0) is 25.7 Å². The van der Waals surface area contributed by atoms with Crippen LogP contribution < -0.4 is 0 Å². The van der Waals surface area contributed by atoms with Crippen molar-refractivity contribution in [3.8, 4) is 0 Å². The Labute approximate surface area is 182 Å². The summed E-state index contributed by atoms with van der Waals surface area (Å²) >= 11 is 0. The van der Waals surface area contributed by atoms with Gasteiger partial charge in [-0.15, -0.1) is 0 Å². The van der Waals surface area contributed by atoms with Crippen LogP contribution in [0.25, 0.3) is 21.9 Å². The van der Waals surface area contributed by atoms with Crippen LogP contribution in [0.1, 0.15) is 40.3 Å². The summed E-state index contributed by atoms with van der Waals surface area (Å²) < 4.78 is 43.7. The molecule has 2 heterocycles. The lowest BCUT2D eigenvalue weighted by Gasteiger charge is -2.20. The topological polar surface area (TPSA) is 60.1 Å². The molecule has 8 heteroatoms. The summed E-state index contributed by atoms with van der Waals surface area (Å²) in [5.74, 6) is -1.03. The maximum atomic E-state index is 13.6. The zero-order valence-corrected chi connectivity index (χ0v) is 17.5. The first kappa shape index (κ1) is 20.8. The van der Waals surface area contributed by atoms with Gasteiger partial charge in [-0.25, -0.2) is 4.98 Å². The van der Waals surface area contributed by atoms with Gasteiger partial charge in [0.05, 0.1) is 35.9 Å². The second-order valence-electron chi connectivity index (χ2n) is 8.42. The molecule has 0 saturated carbocycles. The van der Waals surface area contributed by atoms with Crippen LogP contribution in [0, 0.1) is 6.92 Å². The Kier molecular flexibility index (Phi) is 4.85. The van der Waals surface area contributed by atoms with Crippen LogP contribution in [0.15, 0.2) is 42.5 Å². The fraction of sp³-hybridized carbons (Fsp3) is 0.333. The van der Waals surface area contributed by atoms with Crippen molar-refractivity contribution in [1.82, 2.24) is 14.1 Å². The number of para-hydroxylation sites is 2. The van der Waals surface area contributed by atoms with E-state index in [1.807, 2.05) is 25.1 Å². The van der Waals surface area contributed by atoms with Crippen molar-refractivity contribution in [2.24, 2.45) is 0 Å². The summed E-state index contributed by atoms with van der Waals surface area (Å²) in [4.78, 5) is 16.5. The van der Waals surface area contributed by atoms with E-state index in [0.29, 0.717) is 17.6 Å². The van der Waals surface area contributed by atoms with E-state index in [1.54, 1.807) is 22.8 Å². The zero-order valence-electron chi connectivity index (χ0n) is 17.5. The van der Waals surface area contributed by atoms with Crippen molar-refractivity contribution in [3.63, 3.8) is 0 Å². The Hall–Kier alpha value is -3.13. The zero-order chi connectivity index (χ0) is 22.6. The predicted molar refractivity (Wildman–Crippen MR) is 115 cm³/mol. The number of rotatable bonds is 4. The van der Waals surface area contributed by atoms with E-state index in [2.05, 4.69) is 4.98 Å². The van der Waals surface area contributed by atoms with Gasteiger partial charge in [-0.2, -0.15) is 13.2 Å². The van der Waals surface area contributed by atoms with Crippen LogP contribution in [0.3, 0.4) is 0 Å².